The van der Waals surface area contributed by atoms with Gasteiger partial charge in [-0.25, -0.2) is 0 Å². The van der Waals surface area contributed by atoms with Gasteiger partial charge in [0.15, 0.2) is 0 Å². The van der Waals surface area contributed by atoms with Gasteiger partial charge in [-0.2, -0.15) is 0 Å². The van der Waals surface area contributed by atoms with E-state index >= 15 is 0 Å². The molecule has 0 aromatic carbocycles. The number of aliphatic hydroxyl groups is 2. The maximum absolute atomic E-state index is 12.5. The van der Waals surface area contributed by atoms with Gasteiger partial charge in [0, 0.05) is 12.8 Å². The van der Waals surface area contributed by atoms with Crippen molar-refractivity contribution in [2.75, 3.05) is 13.2 Å². The predicted molar refractivity (Wildman–Crippen MR) is 283 cm³/mol. The van der Waals surface area contributed by atoms with Gasteiger partial charge in [-0.05, 0) is 70.6 Å². The second kappa shape index (κ2) is 54.7. The molecular weight excluding hydrogens is 803 g/mol. The maximum atomic E-state index is 12.5. The van der Waals surface area contributed by atoms with Crippen LogP contribution in [0, 0.1) is 0 Å². The number of aliphatic hydroxyl groups excluding tert-OH is 2. The fraction of sp³-hybridized carbons (Fsp3) is 0.864. The molecule has 0 rings (SSSR count). The Labute approximate surface area is 404 Å². The molecule has 0 aliphatic rings. The summed E-state index contributed by atoms with van der Waals surface area (Å²) in [6, 6.07) is -0.582. The van der Waals surface area contributed by atoms with Crippen LogP contribution in [0.4, 0.5) is 0 Å². The molecule has 65 heavy (non-hydrogen) atoms. The molecule has 6 nitrogen and oxygen atoms in total. The topological polar surface area (TPSA) is 95.9 Å². The van der Waals surface area contributed by atoms with Crippen molar-refractivity contribution < 1.29 is 24.5 Å². The lowest BCUT2D eigenvalue weighted by atomic mass is 10.0. The van der Waals surface area contributed by atoms with Crippen molar-refractivity contribution in [1.82, 2.24) is 5.32 Å². The fourth-order valence-electron chi connectivity index (χ4n) is 8.72. The number of nitrogens with one attached hydrogen (secondary N) is 1. The molecule has 0 aromatic rings. The summed E-state index contributed by atoms with van der Waals surface area (Å²) < 4.78 is 5.43. The number of unbranched alkanes of at least 4 members (excludes halogenated alkanes) is 36. The molecule has 0 spiro atoms. The molecule has 0 saturated heterocycles. The number of hydrogen-bond acceptors (Lipinski definition) is 5. The highest BCUT2D eigenvalue weighted by molar-refractivity contribution is 5.76. The van der Waals surface area contributed by atoms with Crippen LogP contribution >= 0.6 is 0 Å². The van der Waals surface area contributed by atoms with Crippen molar-refractivity contribution in [3.05, 3.63) is 36.5 Å². The Morgan fingerprint density at radius 3 is 1.26 bits per heavy atom. The van der Waals surface area contributed by atoms with Crippen LogP contribution in [0.3, 0.4) is 0 Å². The Hall–Kier alpha value is -1.92. The first-order valence-electron chi connectivity index (χ1n) is 28.7. The molecule has 0 bridgehead atoms. The first kappa shape index (κ1) is 63.1. The molecule has 2 atom stereocenters. The van der Waals surface area contributed by atoms with Crippen molar-refractivity contribution in [3.8, 4) is 0 Å². The monoisotopic (exact) mass is 914 g/mol. The Morgan fingerprint density at radius 2 is 0.800 bits per heavy atom. The largest absolute Gasteiger partial charge is 0.466 e. The van der Waals surface area contributed by atoms with Crippen LogP contribution in [0.2, 0.25) is 0 Å². The van der Waals surface area contributed by atoms with Crippen molar-refractivity contribution >= 4 is 11.9 Å². The van der Waals surface area contributed by atoms with Crippen molar-refractivity contribution in [1.29, 1.82) is 0 Å². The Kier molecular flexibility index (Phi) is 53.1. The molecule has 0 heterocycles. The molecule has 2 unspecified atom stereocenters. The third kappa shape index (κ3) is 51.3. The Morgan fingerprint density at radius 1 is 0.431 bits per heavy atom. The smallest absolute Gasteiger partial charge is 0.305 e. The molecule has 382 valence electrons. The van der Waals surface area contributed by atoms with Crippen LogP contribution < -0.4 is 5.32 Å². The standard InChI is InChI=1S/C59H111NO5/c1-3-5-7-9-11-13-15-17-19-20-21-22-23-24-25-26-27-28-29-30-32-35-39-43-47-51-57(62)56(55-61)60-58(63)52-48-44-40-36-34-38-42-46-50-54-65-59(64)53-49-45-41-37-33-31-18-16-14-12-10-8-6-4-2/h10,12,16,18,36,40,56-57,61-62H,3-9,11,13-15,17,19-35,37-39,41-55H2,1-2H3,(H,60,63)/b12-10-,18-16-,40-36-. The number of allylic oxidation sites excluding steroid dienone is 6. The summed E-state index contributed by atoms with van der Waals surface area (Å²) in [7, 11) is 0. The zero-order valence-corrected chi connectivity index (χ0v) is 43.5. The van der Waals surface area contributed by atoms with Gasteiger partial charge in [0.1, 0.15) is 0 Å². The van der Waals surface area contributed by atoms with E-state index in [0.717, 1.165) is 83.5 Å². The van der Waals surface area contributed by atoms with E-state index in [2.05, 4.69) is 55.6 Å². The number of amides is 1. The van der Waals surface area contributed by atoms with Gasteiger partial charge in [0.2, 0.25) is 5.91 Å². The van der Waals surface area contributed by atoms with Gasteiger partial charge < -0.3 is 20.3 Å². The zero-order valence-electron chi connectivity index (χ0n) is 43.5. The van der Waals surface area contributed by atoms with Crippen molar-refractivity contribution in [2.45, 2.75) is 315 Å². The average Bonchev–Trinajstić information content (AvgIpc) is 3.31. The van der Waals surface area contributed by atoms with E-state index in [1.165, 1.54) is 186 Å². The number of ether oxygens (including phenoxy) is 1. The number of esters is 1. The third-order valence-electron chi connectivity index (χ3n) is 13.2. The van der Waals surface area contributed by atoms with Crippen LogP contribution in [0.5, 0.6) is 0 Å². The molecule has 6 heteroatoms. The van der Waals surface area contributed by atoms with Gasteiger partial charge in [-0.3, -0.25) is 9.59 Å². The molecule has 1 amide bonds. The van der Waals surface area contributed by atoms with E-state index < -0.39 is 12.1 Å². The van der Waals surface area contributed by atoms with E-state index in [1.54, 1.807) is 0 Å². The highest BCUT2D eigenvalue weighted by atomic mass is 16.5. The van der Waals surface area contributed by atoms with Gasteiger partial charge in [-0.1, -0.05) is 256 Å². The summed E-state index contributed by atoms with van der Waals surface area (Å²) in [5.41, 5.74) is 0. The van der Waals surface area contributed by atoms with Gasteiger partial charge in [-0.15, -0.1) is 0 Å². The first-order chi connectivity index (χ1) is 32.0. The summed E-state index contributed by atoms with van der Waals surface area (Å²) in [5.74, 6) is -0.144. The minimum atomic E-state index is -0.698. The average molecular weight is 915 g/mol. The van der Waals surface area contributed by atoms with Crippen LogP contribution in [0.15, 0.2) is 36.5 Å². The molecule has 0 radical (unpaired) electrons. The molecule has 3 N–H and O–H groups in total. The van der Waals surface area contributed by atoms with E-state index in [1.807, 2.05) is 0 Å². The summed E-state index contributed by atoms with van der Waals surface area (Å²) in [4.78, 5) is 24.5. The van der Waals surface area contributed by atoms with Gasteiger partial charge in [0.25, 0.3) is 0 Å². The normalized spacial score (nSPS) is 12.9. The third-order valence-corrected chi connectivity index (χ3v) is 13.2. The molecule has 0 aromatic heterocycles. The Bertz CT molecular complexity index is 1060. The van der Waals surface area contributed by atoms with E-state index in [4.69, 9.17) is 4.74 Å². The summed E-state index contributed by atoms with van der Waals surface area (Å²) in [5, 5.41) is 23.3. The lowest BCUT2D eigenvalue weighted by molar-refractivity contribution is -0.143. The molecule has 0 aliphatic carbocycles. The number of carbonyl (C=O) groups excluding carboxylic acids is 2. The first-order valence-corrected chi connectivity index (χ1v) is 28.7. The SMILES string of the molecule is CCCC/C=C\C/C=C\CCCCCCCC(=O)OCCCCCC/C=C\CCCC(=O)NC(CO)C(O)CCCCCCCCCCCCCCCCCCCCCCCCCCC. The van der Waals surface area contributed by atoms with E-state index in [-0.39, 0.29) is 18.5 Å². The van der Waals surface area contributed by atoms with E-state index in [0.29, 0.717) is 25.9 Å². The van der Waals surface area contributed by atoms with Crippen molar-refractivity contribution in [2.24, 2.45) is 0 Å². The number of hydrogen-bond donors (Lipinski definition) is 3. The summed E-state index contributed by atoms with van der Waals surface area (Å²) >= 11 is 0. The van der Waals surface area contributed by atoms with Gasteiger partial charge >= 0.3 is 5.97 Å². The summed E-state index contributed by atoms with van der Waals surface area (Å²) in [6.45, 7) is 4.83. The predicted octanol–water partition coefficient (Wildman–Crippen LogP) is 17.6. The van der Waals surface area contributed by atoms with Crippen LogP contribution in [-0.4, -0.2) is 47.4 Å². The van der Waals surface area contributed by atoms with Gasteiger partial charge in [0.05, 0.1) is 25.4 Å². The second-order valence-corrected chi connectivity index (χ2v) is 19.6. The molecular formula is C59H111NO5. The van der Waals surface area contributed by atoms with E-state index in [9.17, 15) is 19.8 Å². The molecule has 0 saturated carbocycles. The molecule has 0 fully saturated rings. The summed E-state index contributed by atoms with van der Waals surface area (Å²) in [6.07, 6.45) is 67.2. The lowest BCUT2D eigenvalue weighted by Gasteiger charge is -2.22. The molecule has 0 aliphatic heterocycles. The van der Waals surface area contributed by atoms with Crippen molar-refractivity contribution in [3.63, 3.8) is 0 Å². The maximum Gasteiger partial charge on any atom is 0.305 e. The van der Waals surface area contributed by atoms with Crippen LogP contribution in [0.1, 0.15) is 303 Å². The second-order valence-electron chi connectivity index (χ2n) is 19.6. The minimum Gasteiger partial charge on any atom is -0.466 e. The quantitative estimate of drug-likeness (QED) is 0.0321. The number of carbonyl (C=O) groups is 2. The van der Waals surface area contributed by atoms with Crippen LogP contribution in [-0.2, 0) is 14.3 Å². The minimum absolute atomic E-state index is 0.0497. The fourth-order valence-corrected chi connectivity index (χ4v) is 8.72. The highest BCUT2D eigenvalue weighted by Crippen LogP contribution is 2.17. The van der Waals surface area contributed by atoms with Crippen LogP contribution in [0.25, 0.3) is 0 Å². The lowest BCUT2D eigenvalue weighted by Crippen LogP contribution is -2.45. The number of rotatable bonds is 53. The zero-order chi connectivity index (χ0) is 47.2. The Balaban J connectivity index is 3.52. The highest BCUT2D eigenvalue weighted by Gasteiger charge is 2.20.